The summed E-state index contributed by atoms with van der Waals surface area (Å²) in [6.07, 6.45) is 0. The number of halogens is 2. The van der Waals surface area contributed by atoms with Gasteiger partial charge in [0.2, 0.25) is 0 Å². The average Bonchev–Trinajstić information content (AvgIpc) is 3.02. The average molecular weight is 381 g/mol. The van der Waals surface area contributed by atoms with Crippen molar-refractivity contribution in [3.8, 4) is 5.75 Å². The Hall–Kier alpha value is -3.10. The van der Waals surface area contributed by atoms with Gasteiger partial charge >= 0.3 is 12.6 Å². The monoisotopic (exact) mass is 381 g/mol. The number of nitrogens with zero attached hydrogens (tertiary/aromatic N) is 1. The Morgan fingerprint density at radius 1 is 1.26 bits per heavy atom. The van der Waals surface area contributed by atoms with E-state index in [2.05, 4.69) is 25.1 Å². The topological polar surface area (TPSA) is 85.1 Å². The Morgan fingerprint density at radius 2 is 1.96 bits per heavy atom. The molecule has 0 aliphatic carbocycles. The number of benzene rings is 1. The summed E-state index contributed by atoms with van der Waals surface area (Å²) in [5.41, 5.74) is 0.915. The molecule has 0 saturated heterocycles. The number of aliphatic imine (C=N–C) groups is 1. The van der Waals surface area contributed by atoms with Gasteiger partial charge in [-0.25, -0.2) is 4.79 Å². The van der Waals surface area contributed by atoms with Crippen molar-refractivity contribution in [1.29, 1.82) is 0 Å². The molecule has 0 atom stereocenters. The Morgan fingerprint density at radius 3 is 2.63 bits per heavy atom. The molecule has 146 valence electrons. The Kier molecular flexibility index (Phi) is 7.16. The summed E-state index contributed by atoms with van der Waals surface area (Å²) in [6, 6.07) is 8.08. The molecule has 0 bridgehead atoms. The zero-order chi connectivity index (χ0) is 19.8. The first-order valence-corrected chi connectivity index (χ1v) is 8.09. The lowest BCUT2D eigenvalue weighted by Gasteiger charge is -2.14. The van der Waals surface area contributed by atoms with Gasteiger partial charge in [0, 0.05) is 19.2 Å². The lowest BCUT2D eigenvalue weighted by Crippen LogP contribution is -2.36. The predicted molar refractivity (Wildman–Crippen MR) is 94.9 cm³/mol. The van der Waals surface area contributed by atoms with E-state index in [0.29, 0.717) is 28.6 Å². The Labute approximate surface area is 155 Å². The first-order valence-electron chi connectivity index (χ1n) is 8.09. The Balaban J connectivity index is 1.95. The molecule has 2 N–H and O–H groups in total. The van der Waals surface area contributed by atoms with Crippen molar-refractivity contribution < 1.29 is 27.5 Å². The number of carbonyl (C=O) groups excluding carboxylic acids is 1. The van der Waals surface area contributed by atoms with Crippen LogP contribution in [-0.4, -0.2) is 32.7 Å². The van der Waals surface area contributed by atoms with E-state index in [1.54, 1.807) is 38.2 Å². The number of furan rings is 1. The van der Waals surface area contributed by atoms with Crippen molar-refractivity contribution in [3.05, 3.63) is 53.0 Å². The molecule has 7 nitrogen and oxygen atoms in total. The molecule has 2 aromatic rings. The summed E-state index contributed by atoms with van der Waals surface area (Å²) in [6.45, 7) is -0.724. The highest BCUT2D eigenvalue weighted by Crippen LogP contribution is 2.20. The lowest BCUT2D eigenvalue weighted by atomic mass is 10.2. The van der Waals surface area contributed by atoms with Crippen molar-refractivity contribution in [1.82, 2.24) is 10.6 Å². The number of hydrogen-bond donors (Lipinski definition) is 2. The minimum Gasteiger partial charge on any atom is -0.465 e. The molecule has 0 spiro atoms. The van der Waals surface area contributed by atoms with Gasteiger partial charge < -0.3 is 24.5 Å². The van der Waals surface area contributed by atoms with Gasteiger partial charge in [0.1, 0.15) is 22.8 Å². The number of para-hydroxylation sites is 1. The second kappa shape index (κ2) is 9.56. The zero-order valence-electron chi connectivity index (χ0n) is 15.2. The van der Waals surface area contributed by atoms with E-state index in [1.165, 1.54) is 13.2 Å². The number of aryl methyl sites for hydroxylation is 1. The maximum absolute atomic E-state index is 12.5. The van der Waals surface area contributed by atoms with Gasteiger partial charge in [0.05, 0.1) is 13.7 Å². The summed E-state index contributed by atoms with van der Waals surface area (Å²) < 4.78 is 39.6. The van der Waals surface area contributed by atoms with Crippen LogP contribution in [0, 0.1) is 6.92 Å². The van der Waals surface area contributed by atoms with E-state index in [9.17, 15) is 13.6 Å². The SMILES string of the molecule is CN=C(NCc1cc(C(=O)OC)c(C)o1)NCc1ccccc1OC(F)F. The van der Waals surface area contributed by atoms with E-state index >= 15 is 0 Å². The van der Waals surface area contributed by atoms with Crippen LogP contribution in [0.5, 0.6) is 5.75 Å². The fraction of sp³-hybridized carbons (Fsp3) is 0.333. The molecule has 0 amide bonds. The van der Waals surface area contributed by atoms with Gasteiger partial charge in [-0.1, -0.05) is 18.2 Å². The maximum atomic E-state index is 12.5. The number of rotatable bonds is 7. The highest BCUT2D eigenvalue weighted by atomic mass is 19.3. The third-order valence-electron chi connectivity index (χ3n) is 3.66. The minimum atomic E-state index is -2.89. The molecule has 0 radical (unpaired) electrons. The number of carbonyl (C=O) groups is 1. The van der Waals surface area contributed by atoms with Crippen molar-refractivity contribution >= 4 is 11.9 Å². The van der Waals surface area contributed by atoms with Crippen molar-refractivity contribution in [2.75, 3.05) is 14.2 Å². The van der Waals surface area contributed by atoms with Crippen LogP contribution in [0.1, 0.15) is 27.4 Å². The normalized spacial score (nSPS) is 11.4. The number of alkyl halides is 2. The van der Waals surface area contributed by atoms with Crippen molar-refractivity contribution in [2.24, 2.45) is 4.99 Å². The van der Waals surface area contributed by atoms with E-state index in [0.717, 1.165) is 0 Å². The molecule has 0 unspecified atom stereocenters. The summed E-state index contributed by atoms with van der Waals surface area (Å²) in [5.74, 6) is 1.04. The van der Waals surface area contributed by atoms with E-state index in [4.69, 9.17) is 4.42 Å². The number of esters is 1. The van der Waals surface area contributed by atoms with Crippen LogP contribution in [0.3, 0.4) is 0 Å². The van der Waals surface area contributed by atoms with Crippen molar-refractivity contribution in [2.45, 2.75) is 26.6 Å². The highest BCUT2D eigenvalue weighted by molar-refractivity contribution is 5.90. The minimum absolute atomic E-state index is 0.0971. The van der Waals surface area contributed by atoms with Crippen LogP contribution >= 0.6 is 0 Å². The second-order valence-electron chi connectivity index (χ2n) is 5.44. The van der Waals surface area contributed by atoms with E-state index in [-0.39, 0.29) is 18.8 Å². The van der Waals surface area contributed by atoms with E-state index < -0.39 is 12.6 Å². The summed E-state index contributed by atoms with van der Waals surface area (Å²) in [7, 11) is 2.87. The third-order valence-corrected chi connectivity index (χ3v) is 3.66. The first-order chi connectivity index (χ1) is 12.9. The van der Waals surface area contributed by atoms with Gasteiger partial charge in [0.25, 0.3) is 0 Å². The number of nitrogens with one attached hydrogen (secondary N) is 2. The molecule has 1 aromatic carbocycles. The van der Waals surface area contributed by atoms with Crippen LogP contribution in [0.2, 0.25) is 0 Å². The summed E-state index contributed by atoms with van der Waals surface area (Å²) in [4.78, 5) is 15.7. The van der Waals surface area contributed by atoms with Crippen LogP contribution in [0.4, 0.5) is 8.78 Å². The first kappa shape index (κ1) is 20.2. The molecular weight excluding hydrogens is 360 g/mol. The molecular formula is C18H21F2N3O4. The molecule has 0 saturated carbocycles. The summed E-state index contributed by atoms with van der Waals surface area (Å²) in [5, 5.41) is 6.02. The maximum Gasteiger partial charge on any atom is 0.387 e. The molecule has 27 heavy (non-hydrogen) atoms. The predicted octanol–water partition coefficient (Wildman–Crippen LogP) is 2.84. The lowest BCUT2D eigenvalue weighted by molar-refractivity contribution is -0.0504. The van der Waals surface area contributed by atoms with Crippen LogP contribution < -0.4 is 15.4 Å². The quantitative estimate of drug-likeness (QED) is 0.436. The fourth-order valence-corrected chi connectivity index (χ4v) is 2.37. The third kappa shape index (κ3) is 5.70. The van der Waals surface area contributed by atoms with Gasteiger partial charge in [-0.05, 0) is 19.1 Å². The number of guanidine groups is 1. The van der Waals surface area contributed by atoms with Crippen LogP contribution in [0.25, 0.3) is 0 Å². The van der Waals surface area contributed by atoms with Crippen LogP contribution in [0.15, 0.2) is 39.7 Å². The Bertz CT molecular complexity index is 806. The van der Waals surface area contributed by atoms with E-state index in [1.807, 2.05) is 0 Å². The molecule has 0 aliphatic heterocycles. The number of methoxy groups -OCH3 is 1. The molecule has 1 heterocycles. The highest BCUT2D eigenvalue weighted by Gasteiger charge is 2.15. The molecule has 0 aliphatic rings. The molecule has 1 aromatic heterocycles. The zero-order valence-corrected chi connectivity index (χ0v) is 15.2. The van der Waals surface area contributed by atoms with Gasteiger partial charge in [-0.2, -0.15) is 8.78 Å². The van der Waals surface area contributed by atoms with Gasteiger partial charge in [0.15, 0.2) is 5.96 Å². The van der Waals surface area contributed by atoms with Gasteiger partial charge in [-0.15, -0.1) is 0 Å². The number of ether oxygens (including phenoxy) is 2. The molecule has 0 fully saturated rings. The second-order valence-corrected chi connectivity index (χ2v) is 5.44. The number of hydrogen-bond acceptors (Lipinski definition) is 5. The summed E-state index contributed by atoms with van der Waals surface area (Å²) >= 11 is 0. The smallest absolute Gasteiger partial charge is 0.387 e. The standard InChI is InChI=1S/C18H21F2N3O4/c1-11-14(16(24)25-3)8-13(26-11)10-23-18(21-2)22-9-12-6-4-5-7-15(12)27-17(19)20/h4-8,17H,9-10H2,1-3H3,(H2,21,22,23). The van der Waals surface area contributed by atoms with Gasteiger partial charge in [-0.3, -0.25) is 4.99 Å². The molecule has 9 heteroatoms. The fourth-order valence-electron chi connectivity index (χ4n) is 2.37. The van der Waals surface area contributed by atoms with Crippen molar-refractivity contribution in [3.63, 3.8) is 0 Å². The van der Waals surface area contributed by atoms with Crippen LogP contribution in [-0.2, 0) is 17.8 Å². The largest absolute Gasteiger partial charge is 0.465 e. The molecule has 2 rings (SSSR count).